The smallest absolute Gasteiger partial charge is 0.240 e. The molecule has 0 spiro atoms. The number of hydrogen-bond acceptors (Lipinski definition) is 5. The van der Waals surface area contributed by atoms with Crippen LogP contribution < -0.4 is 10.7 Å². The first-order chi connectivity index (χ1) is 13.0. The average molecular weight is 383 g/mol. The van der Waals surface area contributed by atoms with Crippen LogP contribution in [0.1, 0.15) is 23.0 Å². The first-order valence-electron chi connectivity index (χ1n) is 8.49. The Morgan fingerprint density at radius 1 is 1.11 bits per heavy atom. The van der Waals surface area contributed by atoms with E-state index in [2.05, 4.69) is 20.9 Å². The van der Waals surface area contributed by atoms with E-state index in [0.717, 1.165) is 16.8 Å². The minimum Gasteiger partial charge on any atom is -0.325 e. The van der Waals surface area contributed by atoms with E-state index < -0.39 is 5.25 Å². The molecule has 0 radical (unpaired) electrons. The van der Waals surface area contributed by atoms with Gasteiger partial charge in [0.15, 0.2) is 0 Å². The van der Waals surface area contributed by atoms with Crippen LogP contribution in [0.15, 0.2) is 53.7 Å². The predicted molar refractivity (Wildman–Crippen MR) is 103 cm³/mol. The summed E-state index contributed by atoms with van der Waals surface area (Å²) in [5, 5.41) is 11.3. The Balaban J connectivity index is 1.65. The second-order valence-electron chi connectivity index (χ2n) is 6.42. The number of rotatable bonds is 3. The highest BCUT2D eigenvalue weighted by molar-refractivity contribution is 8.00. The number of anilines is 1. The number of benzene rings is 2. The van der Waals surface area contributed by atoms with Crippen LogP contribution in [0.2, 0.25) is 0 Å². The van der Waals surface area contributed by atoms with Crippen LogP contribution >= 0.6 is 11.8 Å². The number of fused-ring (bicyclic) bond motifs is 1. The number of aryl methyl sites for hydroxylation is 2. The molecule has 0 aliphatic carbocycles. The van der Waals surface area contributed by atoms with Crippen LogP contribution in [-0.4, -0.2) is 26.0 Å². The number of aromatic nitrogens is 3. The minimum absolute atomic E-state index is 0.155. The number of hydrogen-bond donors (Lipinski definition) is 2. The molecule has 0 unspecified atom stereocenters. The third-order valence-corrected chi connectivity index (χ3v) is 5.62. The molecule has 1 aliphatic heterocycles. The Kier molecular flexibility index (Phi) is 4.57. The van der Waals surface area contributed by atoms with Gasteiger partial charge in [-0.05, 0) is 43.7 Å². The fourth-order valence-corrected chi connectivity index (χ4v) is 4.06. The summed E-state index contributed by atoms with van der Waals surface area (Å²) in [6.45, 7) is 3.82. The Morgan fingerprint density at radius 2 is 1.81 bits per heavy atom. The normalized spacial score (nSPS) is 18.5. The molecule has 2 N–H and O–H groups in total. The lowest BCUT2D eigenvalue weighted by molar-refractivity contribution is -0.116. The van der Waals surface area contributed by atoms with E-state index >= 15 is 0 Å². The van der Waals surface area contributed by atoms with Crippen LogP contribution in [0.5, 0.6) is 0 Å². The van der Waals surface area contributed by atoms with Crippen LogP contribution in [0.3, 0.4) is 0 Å². The third-order valence-electron chi connectivity index (χ3n) is 4.41. The standard InChI is InChI=1S/C19H18FN5OS/c1-11-3-9-15(10-4-11)21-18(26)17-16(13-5-7-14(20)8-6-13)24-25-12(2)22-23-19(25)27-17/h3-10,16-17,24H,1-2H3,(H,21,26)/t16-,17-/m1/s1. The zero-order valence-electron chi connectivity index (χ0n) is 14.8. The molecule has 1 aromatic heterocycles. The monoisotopic (exact) mass is 383 g/mol. The molecule has 4 rings (SSSR count). The maximum Gasteiger partial charge on any atom is 0.240 e. The second-order valence-corrected chi connectivity index (χ2v) is 7.53. The van der Waals surface area contributed by atoms with Gasteiger partial charge in [0.25, 0.3) is 0 Å². The number of nitrogens with zero attached hydrogens (tertiary/aromatic N) is 3. The van der Waals surface area contributed by atoms with Crippen molar-refractivity contribution in [2.24, 2.45) is 0 Å². The van der Waals surface area contributed by atoms with Gasteiger partial charge < -0.3 is 10.7 Å². The third kappa shape index (κ3) is 3.52. The first kappa shape index (κ1) is 17.5. The molecule has 2 heterocycles. The maximum atomic E-state index is 13.4. The summed E-state index contributed by atoms with van der Waals surface area (Å²) in [7, 11) is 0. The average Bonchev–Trinajstić information content (AvgIpc) is 3.03. The van der Waals surface area contributed by atoms with Crippen molar-refractivity contribution in [3.63, 3.8) is 0 Å². The summed E-state index contributed by atoms with van der Waals surface area (Å²) in [5.41, 5.74) is 5.96. The number of carbonyl (C=O) groups is 1. The van der Waals surface area contributed by atoms with Gasteiger partial charge in [0.1, 0.15) is 16.9 Å². The largest absolute Gasteiger partial charge is 0.325 e. The quantitative estimate of drug-likeness (QED) is 0.725. The van der Waals surface area contributed by atoms with E-state index in [1.807, 2.05) is 38.1 Å². The number of halogens is 1. The Bertz CT molecular complexity index is 971. The van der Waals surface area contributed by atoms with E-state index in [0.29, 0.717) is 11.0 Å². The molecule has 2 atom stereocenters. The molecule has 0 saturated heterocycles. The molecule has 138 valence electrons. The molecule has 6 nitrogen and oxygen atoms in total. The topological polar surface area (TPSA) is 71.8 Å². The molecule has 0 saturated carbocycles. The fraction of sp³-hybridized carbons (Fsp3) is 0.211. The molecular formula is C19H18FN5OS. The Hall–Kier alpha value is -2.87. The second kappa shape index (κ2) is 7.03. The molecule has 2 aromatic carbocycles. The first-order valence-corrected chi connectivity index (χ1v) is 9.37. The van der Waals surface area contributed by atoms with Crippen LogP contribution in [0.25, 0.3) is 0 Å². The van der Waals surface area contributed by atoms with E-state index in [1.165, 1.54) is 23.9 Å². The summed E-state index contributed by atoms with van der Waals surface area (Å²) in [4.78, 5) is 13.0. The van der Waals surface area contributed by atoms with Gasteiger partial charge in [-0.3, -0.25) is 4.79 Å². The lowest BCUT2D eigenvalue weighted by Crippen LogP contribution is -2.41. The summed E-state index contributed by atoms with van der Waals surface area (Å²) in [5.74, 6) is 0.226. The number of carbonyl (C=O) groups excluding carboxylic acids is 1. The SMILES string of the molecule is Cc1ccc(NC(=O)[C@@H]2Sc3nnc(C)n3N[C@@H]2c2ccc(F)cc2)cc1. The van der Waals surface area contributed by atoms with Gasteiger partial charge in [-0.15, -0.1) is 10.2 Å². The minimum atomic E-state index is -0.493. The highest BCUT2D eigenvalue weighted by atomic mass is 32.2. The summed E-state index contributed by atoms with van der Waals surface area (Å²) in [6, 6.07) is 13.4. The molecule has 8 heteroatoms. The molecular weight excluding hydrogens is 365 g/mol. The van der Waals surface area contributed by atoms with Crippen molar-refractivity contribution in [3.05, 3.63) is 71.3 Å². The van der Waals surface area contributed by atoms with Crippen LogP contribution in [0.4, 0.5) is 10.1 Å². The summed E-state index contributed by atoms with van der Waals surface area (Å²) in [6.07, 6.45) is 0. The van der Waals surface area contributed by atoms with E-state index in [1.54, 1.807) is 16.8 Å². The Labute approximate surface area is 160 Å². The number of thioether (sulfide) groups is 1. The van der Waals surface area contributed by atoms with Crippen LogP contribution in [-0.2, 0) is 4.79 Å². The van der Waals surface area contributed by atoms with Gasteiger partial charge in [0, 0.05) is 5.69 Å². The maximum absolute atomic E-state index is 13.4. The lowest BCUT2D eigenvalue weighted by atomic mass is 10.0. The van der Waals surface area contributed by atoms with Gasteiger partial charge in [-0.25, -0.2) is 9.07 Å². The zero-order chi connectivity index (χ0) is 19.0. The van der Waals surface area contributed by atoms with Crippen molar-refractivity contribution in [1.29, 1.82) is 0 Å². The van der Waals surface area contributed by atoms with Crippen molar-refractivity contribution in [3.8, 4) is 0 Å². The van der Waals surface area contributed by atoms with E-state index in [9.17, 15) is 9.18 Å². The van der Waals surface area contributed by atoms with Gasteiger partial charge in [0.2, 0.25) is 11.1 Å². The molecule has 3 aromatic rings. The highest BCUT2D eigenvalue weighted by Crippen LogP contribution is 2.37. The lowest BCUT2D eigenvalue weighted by Gasteiger charge is -2.32. The van der Waals surface area contributed by atoms with Crippen molar-refractivity contribution >= 4 is 23.4 Å². The molecule has 27 heavy (non-hydrogen) atoms. The molecule has 1 amide bonds. The van der Waals surface area contributed by atoms with Crippen molar-refractivity contribution in [1.82, 2.24) is 14.9 Å². The summed E-state index contributed by atoms with van der Waals surface area (Å²) < 4.78 is 15.1. The van der Waals surface area contributed by atoms with E-state index in [-0.39, 0.29) is 17.8 Å². The van der Waals surface area contributed by atoms with Gasteiger partial charge in [0.05, 0.1) is 6.04 Å². The van der Waals surface area contributed by atoms with Crippen LogP contribution in [0, 0.1) is 19.7 Å². The summed E-state index contributed by atoms with van der Waals surface area (Å²) >= 11 is 1.34. The zero-order valence-corrected chi connectivity index (χ0v) is 15.6. The van der Waals surface area contributed by atoms with Gasteiger partial charge >= 0.3 is 0 Å². The Morgan fingerprint density at radius 3 is 2.52 bits per heavy atom. The molecule has 0 fully saturated rings. The van der Waals surface area contributed by atoms with Crippen molar-refractivity contribution in [2.45, 2.75) is 30.3 Å². The number of nitrogens with one attached hydrogen (secondary N) is 2. The van der Waals surface area contributed by atoms with Crippen molar-refractivity contribution < 1.29 is 9.18 Å². The fourth-order valence-electron chi connectivity index (χ4n) is 2.93. The number of amides is 1. The van der Waals surface area contributed by atoms with Gasteiger partial charge in [-0.1, -0.05) is 41.6 Å². The van der Waals surface area contributed by atoms with Gasteiger partial charge in [-0.2, -0.15) is 0 Å². The molecule has 0 bridgehead atoms. The van der Waals surface area contributed by atoms with E-state index in [4.69, 9.17) is 0 Å². The molecule has 1 aliphatic rings. The van der Waals surface area contributed by atoms with Crippen molar-refractivity contribution in [2.75, 3.05) is 10.7 Å². The highest BCUT2D eigenvalue weighted by Gasteiger charge is 2.37. The predicted octanol–water partition coefficient (Wildman–Crippen LogP) is 3.43.